The van der Waals surface area contributed by atoms with Crippen LogP contribution in [0.2, 0.25) is 0 Å². The van der Waals surface area contributed by atoms with Gasteiger partial charge in [-0.3, -0.25) is 10.7 Å². The van der Waals surface area contributed by atoms with Gasteiger partial charge in [0, 0.05) is 44.6 Å². The van der Waals surface area contributed by atoms with Gasteiger partial charge in [0.25, 0.3) is 6.10 Å². The highest BCUT2D eigenvalue weighted by atomic mass is 32.1. The predicted octanol–water partition coefficient (Wildman–Crippen LogP) is 6.11. The first kappa shape index (κ1) is 47.3. The van der Waals surface area contributed by atoms with Gasteiger partial charge in [0.2, 0.25) is 5.71 Å². The number of hydrogen-bond donors (Lipinski definition) is 5. The Morgan fingerprint density at radius 1 is 0.905 bits per heavy atom. The van der Waals surface area contributed by atoms with E-state index in [-0.39, 0.29) is 23.3 Å². The van der Waals surface area contributed by atoms with E-state index in [1.165, 1.54) is 5.38 Å². The molecule has 0 unspecified atom stereocenters. The molecular weight excluding hydrogens is 833 g/mol. The number of nitrogens with two attached hydrogens (primary N) is 1. The summed E-state index contributed by atoms with van der Waals surface area (Å²) in [6.45, 7) is 12.1. The number of aliphatic carboxylic acids is 1. The second kappa shape index (κ2) is 21.4. The van der Waals surface area contributed by atoms with Crippen molar-refractivity contribution in [3.05, 3.63) is 112 Å². The number of nitrogens with zero attached hydrogens (tertiary/aromatic N) is 4. The Balaban J connectivity index is 1.33. The number of carboxylic acid groups (broad SMARTS) is 1. The molecule has 0 saturated carbocycles. The van der Waals surface area contributed by atoms with E-state index < -0.39 is 59.9 Å². The van der Waals surface area contributed by atoms with Gasteiger partial charge in [-0.25, -0.2) is 24.2 Å². The molecule has 18 nitrogen and oxygen atoms in total. The number of aromatic nitrogens is 1. The number of guanidine groups is 1. The first-order valence-electron chi connectivity index (χ1n) is 20.1. The van der Waals surface area contributed by atoms with Crippen molar-refractivity contribution in [1.82, 2.24) is 20.1 Å². The van der Waals surface area contributed by atoms with Gasteiger partial charge in [-0.05, 0) is 75.9 Å². The number of anilines is 1. The Morgan fingerprint density at radius 2 is 1.52 bits per heavy atom. The largest absolute Gasteiger partial charge is 0.489 e. The molecule has 2 amide bonds. The van der Waals surface area contributed by atoms with Crippen molar-refractivity contribution >= 4 is 52.3 Å². The summed E-state index contributed by atoms with van der Waals surface area (Å²) in [5, 5.41) is 29.6. The number of carboxylic acids is 1. The number of amides is 2. The fraction of sp³-hybridized carbons (Fsp3) is 0.386. The van der Waals surface area contributed by atoms with Gasteiger partial charge >= 0.3 is 24.1 Å². The highest BCUT2D eigenvalue weighted by molar-refractivity contribution is 7.14. The van der Waals surface area contributed by atoms with Crippen molar-refractivity contribution in [2.75, 3.05) is 38.1 Å². The lowest BCUT2D eigenvalue weighted by atomic mass is 10.0. The molecular formula is C44H54N8O10S. The maximum Gasteiger partial charge on any atom is 0.413 e. The van der Waals surface area contributed by atoms with Crippen LogP contribution < -0.4 is 21.1 Å². The van der Waals surface area contributed by atoms with Crippen molar-refractivity contribution in [2.45, 2.75) is 78.0 Å². The predicted molar refractivity (Wildman–Crippen MR) is 236 cm³/mol. The van der Waals surface area contributed by atoms with Crippen molar-refractivity contribution in [3.8, 4) is 5.75 Å². The number of benzene rings is 3. The lowest BCUT2D eigenvalue weighted by Crippen LogP contribution is -2.47. The summed E-state index contributed by atoms with van der Waals surface area (Å²) in [6, 6.07) is 23.5. The standard InChI is InChI=1S/C44H54N8O10S/c1-43(2,3)60-41(56)47-20-22-51(21-19-45)39(46)52-24-30-17-18-32(23-31(30)25-52)58-26-34(38(55)59-36(28-13-9-7-10-14-28)29-15-11-8-12-16-29)62-50-35(37(53)54)33-27-63-40(48-33)49-42(57)61-44(4,5)6/h7-18,23,27,34,36,46H,19-22,24-26,45H2,1-6H3,(H,47,56)(H,53,54)(H,48,49,57)/b46-39?,50-35-/t34-/m0/s1. The zero-order chi connectivity index (χ0) is 45.7. The molecule has 1 aliphatic heterocycles. The zero-order valence-electron chi connectivity index (χ0n) is 36.1. The molecule has 336 valence electrons. The summed E-state index contributed by atoms with van der Waals surface area (Å²) in [4.78, 5) is 64.5. The number of hydrogen-bond acceptors (Lipinski definition) is 14. The van der Waals surface area contributed by atoms with Crippen LogP contribution in [-0.2, 0) is 41.7 Å². The molecule has 0 aliphatic carbocycles. The third-order valence-corrected chi connectivity index (χ3v) is 9.64. The van der Waals surface area contributed by atoms with E-state index in [2.05, 4.69) is 20.8 Å². The zero-order valence-corrected chi connectivity index (χ0v) is 36.9. The molecule has 0 fully saturated rings. The average molecular weight is 887 g/mol. The van der Waals surface area contributed by atoms with Gasteiger partial charge < -0.3 is 49.7 Å². The van der Waals surface area contributed by atoms with E-state index in [9.17, 15) is 24.3 Å². The van der Waals surface area contributed by atoms with Gasteiger partial charge in [0.1, 0.15) is 29.3 Å². The van der Waals surface area contributed by atoms with Crippen LogP contribution in [0.5, 0.6) is 5.75 Å². The van der Waals surface area contributed by atoms with Crippen LogP contribution in [0.1, 0.15) is 75.6 Å². The Morgan fingerprint density at radius 3 is 2.13 bits per heavy atom. The number of fused-ring (bicyclic) bond motifs is 1. The topological polar surface area (TPSA) is 240 Å². The van der Waals surface area contributed by atoms with Crippen LogP contribution in [-0.4, -0.2) is 106 Å². The summed E-state index contributed by atoms with van der Waals surface area (Å²) in [6.07, 6.45) is -3.77. The van der Waals surface area contributed by atoms with Crippen LogP contribution in [0.3, 0.4) is 0 Å². The molecule has 1 aromatic heterocycles. The lowest BCUT2D eigenvalue weighted by Gasteiger charge is -2.30. The molecule has 2 heterocycles. The third kappa shape index (κ3) is 14.4. The quantitative estimate of drug-likeness (QED) is 0.0264. The van der Waals surface area contributed by atoms with E-state index in [0.717, 1.165) is 22.5 Å². The van der Waals surface area contributed by atoms with Gasteiger partial charge in [-0.1, -0.05) is 71.9 Å². The summed E-state index contributed by atoms with van der Waals surface area (Å²) < 4.78 is 22.8. The third-order valence-electron chi connectivity index (χ3n) is 8.88. The molecule has 4 aromatic rings. The van der Waals surface area contributed by atoms with E-state index >= 15 is 0 Å². The van der Waals surface area contributed by atoms with Crippen molar-refractivity contribution < 1.29 is 48.1 Å². The number of rotatable bonds is 17. The van der Waals surface area contributed by atoms with E-state index in [1.807, 2.05) is 71.6 Å². The van der Waals surface area contributed by atoms with Gasteiger partial charge in [-0.2, -0.15) is 0 Å². The molecule has 3 aromatic carbocycles. The Labute approximate surface area is 369 Å². The number of alkyl carbamates (subject to hydrolysis) is 1. The van der Waals surface area contributed by atoms with Crippen LogP contribution >= 0.6 is 11.3 Å². The first-order chi connectivity index (χ1) is 29.9. The maximum atomic E-state index is 14.1. The number of esters is 1. The molecule has 1 aliphatic rings. The smallest absolute Gasteiger partial charge is 0.413 e. The maximum absolute atomic E-state index is 14.1. The van der Waals surface area contributed by atoms with Crippen LogP contribution in [0, 0.1) is 5.41 Å². The molecule has 0 spiro atoms. The van der Waals surface area contributed by atoms with E-state index in [1.54, 1.807) is 58.6 Å². The highest BCUT2D eigenvalue weighted by Crippen LogP contribution is 2.29. The number of thiazole rings is 1. The van der Waals surface area contributed by atoms with Gasteiger partial charge in [0.05, 0.1) is 0 Å². The van der Waals surface area contributed by atoms with Crippen LogP contribution in [0.4, 0.5) is 14.7 Å². The lowest BCUT2D eigenvalue weighted by molar-refractivity contribution is -0.163. The van der Waals surface area contributed by atoms with Crippen molar-refractivity contribution in [1.29, 1.82) is 5.41 Å². The minimum absolute atomic E-state index is 0.0497. The summed E-state index contributed by atoms with van der Waals surface area (Å²) in [5.41, 5.74) is 6.85. The monoisotopic (exact) mass is 886 g/mol. The van der Waals surface area contributed by atoms with Crippen LogP contribution in [0.15, 0.2) is 89.4 Å². The molecule has 6 N–H and O–H groups in total. The number of nitrogens with one attached hydrogen (secondary N) is 3. The summed E-state index contributed by atoms with van der Waals surface area (Å²) in [5.74, 6) is -1.81. The van der Waals surface area contributed by atoms with Crippen molar-refractivity contribution in [3.63, 3.8) is 0 Å². The molecule has 1 atom stereocenters. The summed E-state index contributed by atoms with van der Waals surface area (Å²) >= 11 is 0.939. The van der Waals surface area contributed by atoms with Gasteiger partial charge in [-0.15, -0.1) is 11.3 Å². The van der Waals surface area contributed by atoms with Crippen LogP contribution in [0.25, 0.3) is 0 Å². The average Bonchev–Trinajstić information content (AvgIpc) is 3.86. The molecule has 63 heavy (non-hydrogen) atoms. The molecule has 0 radical (unpaired) electrons. The first-order valence-corrected chi connectivity index (χ1v) is 21.0. The Kier molecular flexibility index (Phi) is 16.1. The van der Waals surface area contributed by atoms with E-state index in [4.69, 9.17) is 34.9 Å². The molecule has 19 heteroatoms. The number of carbonyl (C=O) groups is 4. The van der Waals surface area contributed by atoms with Crippen molar-refractivity contribution in [2.24, 2.45) is 10.9 Å². The SMILES string of the molecule is CC(C)(C)OC(=O)NCCN(CCN)C(=N)N1Cc2ccc(OC[C@H](O/N=C(\C(=O)O)c3csc(NC(=O)OC(C)(C)C)n3)C(=O)OC(c3ccccc3)c3ccccc3)cc2C1. The fourth-order valence-electron chi connectivity index (χ4n) is 6.13. The minimum atomic E-state index is -1.58. The number of oxime groups is 1. The Hall–Kier alpha value is -6.73. The highest BCUT2D eigenvalue weighted by Gasteiger charge is 2.31. The second-order valence-electron chi connectivity index (χ2n) is 16.3. The minimum Gasteiger partial charge on any atom is -0.489 e. The fourth-order valence-corrected chi connectivity index (χ4v) is 6.81. The normalized spacial score (nSPS) is 13.1. The Bertz CT molecular complexity index is 2200. The number of carbonyl (C=O) groups excluding carboxylic acids is 3. The second-order valence-corrected chi connectivity index (χ2v) is 17.1. The van der Waals surface area contributed by atoms with E-state index in [0.29, 0.717) is 49.6 Å². The van der Waals surface area contributed by atoms with Gasteiger partial charge in [0.15, 0.2) is 17.2 Å². The molecule has 5 rings (SSSR count). The molecule has 0 bridgehead atoms. The number of ether oxygens (including phenoxy) is 4. The summed E-state index contributed by atoms with van der Waals surface area (Å²) in [7, 11) is 0. The molecule has 0 saturated heterocycles.